The molecular weight excluding hydrogens is 497 g/mol. The predicted octanol–water partition coefficient (Wildman–Crippen LogP) is -1.58. The molecule has 127 valence electrons. The Morgan fingerprint density at radius 1 is 0.364 bits per heavy atom. The fourth-order valence-corrected chi connectivity index (χ4v) is 0. The van der Waals surface area contributed by atoms with Crippen molar-refractivity contribution in [2.45, 2.75) is 0 Å². The van der Waals surface area contributed by atoms with Gasteiger partial charge in [-0.2, -0.15) is 0 Å². The van der Waals surface area contributed by atoms with Gasteiger partial charge in [0, 0.05) is 0 Å². The minimum atomic E-state index is -1.75. The zero-order chi connectivity index (χ0) is 17.9. The van der Waals surface area contributed by atoms with Crippen LogP contribution in [0.5, 0.6) is 0 Å². The van der Waals surface area contributed by atoms with Gasteiger partial charge in [-0.15, -0.1) is 0 Å². The minimum Gasteiger partial charge on any atom is -0.356 e. The first-order valence-electron chi connectivity index (χ1n) is 2.74. The second kappa shape index (κ2) is 36.4. The van der Waals surface area contributed by atoms with E-state index < -0.39 is 25.4 Å². The third-order valence-corrected chi connectivity index (χ3v) is 0. The van der Waals surface area contributed by atoms with Crippen molar-refractivity contribution in [2.24, 2.45) is 0 Å². The Morgan fingerprint density at radius 3 is 0.364 bits per heavy atom. The molecule has 22 heavy (non-hydrogen) atoms. The monoisotopic (exact) mass is 498 g/mol. The first kappa shape index (κ1) is 42.7. The van der Waals surface area contributed by atoms with Gasteiger partial charge in [0.25, 0.3) is 0 Å². The van der Waals surface area contributed by atoms with E-state index in [1.54, 1.807) is 0 Å². The van der Waals surface area contributed by atoms with Crippen LogP contribution in [0.3, 0.4) is 0 Å². The average molecular weight is 497 g/mol. The van der Waals surface area contributed by atoms with Crippen molar-refractivity contribution in [2.75, 3.05) is 0 Å². The summed E-state index contributed by atoms with van der Waals surface area (Å²) in [6, 6.07) is 0. The van der Waals surface area contributed by atoms with Crippen molar-refractivity contribution >= 4 is 23.1 Å². The van der Waals surface area contributed by atoms with Crippen LogP contribution in [-0.2, 0) is 0 Å². The van der Waals surface area contributed by atoms with Crippen LogP contribution >= 0.6 is 0 Å². The third-order valence-electron chi connectivity index (χ3n) is 0. The van der Waals surface area contributed by atoms with E-state index in [2.05, 4.69) is 0 Å². The Labute approximate surface area is 162 Å². The van der Waals surface area contributed by atoms with Crippen LogP contribution in [0.15, 0.2) is 0 Å². The quantitative estimate of drug-likeness (QED) is 0.207. The number of nitrogens with zero attached hydrogens (tertiary/aromatic N) is 5. The van der Waals surface area contributed by atoms with E-state index in [-0.39, 0.29) is 61.2 Å². The zero-order valence-electron chi connectivity index (χ0n) is 9.38. The number of hydrogen-bond donors (Lipinski definition) is 0. The van der Waals surface area contributed by atoms with Crippen LogP contribution in [-0.4, -0.2) is 48.5 Å². The van der Waals surface area contributed by atoms with Gasteiger partial charge in [0.1, 0.15) is 0 Å². The van der Waals surface area contributed by atoms with Crippen molar-refractivity contribution in [3.63, 3.8) is 0 Å². The van der Waals surface area contributed by atoms with Gasteiger partial charge >= 0.3 is 61.2 Å². The fourth-order valence-electron chi connectivity index (χ4n) is 0. The normalized spacial score (nSPS) is 5.45. The molecule has 0 N–H and O–H groups in total. The van der Waals surface area contributed by atoms with Crippen molar-refractivity contribution in [1.29, 1.82) is 0 Å². The van der Waals surface area contributed by atoms with Crippen LogP contribution in [0.25, 0.3) is 0 Å². The summed E-state index contributed by atoms with van der Waals surface area (Å²) >= 11 is 0. The van der Waals surface area contributed by atoms with Crippen LogP contribution in [0.2, 0.25) is 0 Å². The molecule has 0 aliphatic carbocycles. The maximum atomic E-state index is 8.25. The SMILES string of the molecule is O=[N+]([O-])[O-].O=[N+]([O-])[O-].O=[N+]([O-])[O-].O=[N+]([O-])[O-].O=[N+]([O-])[O-].[Dy+3].[Mg+2]. The third kappa shape index (κ3) is 1360. The number of rotatable bonds is 0. The molecule has 0 bridgehead atoms. The van der Waals surface area contributed by atoms with Gasteiger partial charge in [-0.3, -0.25) is 0 Å². The maximum Gasteiger partial charge on any atom is 3.00 e. The molecule has 0 aromatic carbocycles. The average Bonchev–Trinajstić information content (AvgIpc) is 1.94. The summed E-state index contributed by atoms with van der Waals surface area (Å²) in [6.07, 6.45) is 0. The van der Waals surface area contributed by atoms with Crippen LogP contribution in [0.4, 0.5) is 0 Å². The molecule has 0 aromatic heterocycles. The summed E-state index contributed by atoms with van der Waals surface area (Å²) in [5, 5.41) is 73.8. The molecule has 0 aliphatic rings. The summed E-state index contributed by atoms with van der Waals surface area (Å²) < 4.78 is 0. The first-order chi connectivity index (χ1) is 8.66. The second-order valence-electron chi connectivity index (χ2n) is 1.12. The summed E-state index contributed by atoms with van der Waals surface area (Å²) in [6.45, 7) is 0. The van der Waals surface area contributed by atoms with E-state index in [9.17, 15) is 0 Å². The molecule has 20 nitrogen and oxygen atoms in total. The van der Waals surface area contributed by atoms with E-state index in [4.69, 9.17) is 76.6 Å². The van der Waals surface area contributed by atoms with E-state index >= 15 is 0 Å². The van der Waals surface area contributed by atoms with Crippen molar-refractivity contribution in [3.05, 3.63) is 76.6 Å². The van der Waals surface area contributed by atoms with Crippen molar-refractivity contribution < 1.29 is 63.6 Å². The summed E-state index contributed by atoms with van der Waals surface area (Å²) in [4.78, 5) is 41.2. The molecule has 22 heteroatoms. The molecule has 0 amide bonds. The van der Waals surface area contributed by atoms with Crippen molar-refractivity contribution in [1.82, 2.24) is 0 Å². The van der Waals surface area contributed by atoms with Gasteiger partial charge < -0.3 is 76.6 Å². The van der Waals surface area contributed by atoms with Gasteiger partial charge in [-0.05, 0) is 0 Å². The van der Waals surface area contributed by atoms with Crippen LogP contribution in [0, 0.1) is 115 Å². The van der Waals surface area contributed by atoms with E-state index in [1.807, 2.05) is 0 Å². The Hall–Kier alpha value is -1.96. The smallest absolute Gasteiger partial charge is 0.356 e. The standard InChI is InChI=1S/Dy.Mg.5NO3/c;;5*2-1(3)4/q+3;+2;5*-1. The number of hydrogen-bond acceptors (Lipinski definition) is 15. The fraction of sp³-hybridized carbons (Fsp3) is 0. The van der Waals surface area contributed by atoms with Gasteiger partial charge in [-0.1, -0.05) is 0 Å². The van der Waals surface area contributed by atoms with Gasteiger partial charge in [0.15, 0.2) is 0 Å². The molecule has 0 unspecified atom stereocenters. The molecule has 0 aliphatic heterocycles. The zero-order valence-corrected chi connectivity index (χ0v) is 12.8. The molecular formula is DyMgN5O15. The Balaban J connectivity index is -0.0000000250. The van der Waals surface area contributed by atoms with Gasteiger partial charge in [0.2, 0.25) is 0 Å². The van der Waals surface area contributed by atoms with Gasteiger partial charge in [0.05, 0.1) is 25.4 Å². The van der Waals surface area contributed by atoms with E-state index in [1.165, 1.54) is 0 Å². The summed E-state index contributed by atoms with van der Waals surface area (Å²) in [7, 11) is 0. The molecule has 0 saturated heterocycles. The Bertz CT molecular complexity index is 213. The molecule has 0 rings (SSSR count). The molecule has 0 spiro atoms. The van der Waals surface area contributed by atoms with E-state index in [0.717, 1.165) is 0 Å². The molecule has 0 fully saturated rings. The molecule has 0 saturated carbocycles. The molecule has 0 atom stereocenters. The minimum absolute atomic E-state index is 0. The Kier molecular flexibility index (Phi) is 70.8. The maximum absolute atomic E-state index is 8.25. The second-order valence-corrected chi connectivity index (χ2v) is 1.12. The van der Waals surface area contributed by atoms with Crippen LogP contribution in [0.1, 0.15) is 0 Å². The molecule has 0 aromatic rings. The largest absolute Gasteiger partial charge is 3.00 e. The summed E-state index contributed by atoms with van der Waals surface area (Å²) in [5.74, 6) is 0. The predicted molar refractivity (Wildman–Crippen MR) is 57.6 cm³/mol. The van der Waals surface area contributed by atoms with E-state index in [0.29, 0.717) is 0 Å². The molecule has 0 heterocycles. The topological polar surface area (TPSA) is 331 Å². The van der Waals surface area contributed by atoms with Crippen LogP contribution < -0.4 is 0 Å². The van der Waals surface area contributed by atoms with Gasteiger partial charge in [-0.25, -0.2) is 0 Å². The molecule has 1 radical (unpaired) electrons. The summed E-state index contributed by atoms with van der Waals surface area (Å²) in [5.41, 5.74) is 0. The Morgan fingerprint density at radius 2 is 0.364 bits per heavy atom. The first-order valence-corrected chi connectivity index (χ1v) is 2.74. The van der Waals surface area contributed by atoms with Crippen molar-refractivity contribution in [3.8, 4) is 0 Å².